The van der Waals surface area contributed by atoms with Gasteiger partial charge in [-0.15, -0.1) is 11.3 Å². The molecular formula is C22H19NO5S. The van der Waals surface area contributed by atoms with E-state index in [4.69, 9.17) is 9.47 Å². The first-order valence-corrected chi connectivity index (χ1v) is 9.76. The Morgan fingerprint density at radius 3 is 2.45 bits per heavy atom. The highest BCUT2D eigenvalue weighted by Crippen LogP contribution is 2.35. The zero-order chi connectivity index (χ0) is 20.6. The van der Waals surface area contributed by atoms with E-state index in [1.165, 1.54) is 11.3 Å². The molecule has 2 aromatic carbocycles. The molecule has 0 aliphatic carbocycles. The Hall–Kier alpha value is -3.45. The summed E-state index contributed by atoms with van der Waals surface area (Å²) in [5, 5.41) is 3.14. The molecule has 148 valence electrons. The smallest absolute Gasteiger partial charge is 0.341 e. The van der Waals surface area contributed by atoms with Gasteiger partial charge in [0, 0.05) is 10.4 Å². The van der Waals surface area contributed by atoms with E-state index in [2.05, 4.69) is 5.32 Å². The molecule has 0 fully saturated rings. The summed E-state index contributed by atoms with van der Waals surface area (Å²) in [5.41, 5.74) is 1.77. The molecule has 0 spiro atoms. The van der Waals surface area contributed by atoms with E-state index in [9.17, 15) is 14.4 Å². The third-order valence-electron chi connectivity index (χ3n) is 3.92. The zero-order valence-corrected chi connectivity index (χ0v) is 16.5. The predicted molar refractivity (Wildman–Crippen MR) is 112 cm³/mol. The van der Waals surface area contributed by atoms with Crippen molar-refractivity contribution < 1.29 is 23.9 Å². The van der Waals surface area contributed by atoms with Gasteiger partial charge in [-0.05, 0) is 42.8 Å². The van der Waals surface area contributed by atoms with Gasteiger partial charge in [-0.1, -0.05) is 30.3 Å². The fourth-order valence-corrected chi connectivity index (χ4v) is 3.61. The van der Waals surface area contributed by atoms with Gasteiger partial charge in [0.2, 0.25) is 0 Å². The normalized spacial score (nSPS) is 10.2. The third-order valence-corrected chi connectivity index (χ3v) is 5.02. The van der Waals surface area contributed by atoms with Crippen LogP contribution in [0.25, 0.3) is 10.4 Å². The lowest BCUT2D eigenvalue weighted by molar-refractivity contribution is -0.118. The Kier molecular flexibility index (Phi) is 6.76. The van der Waals surface area contributed by atoms with Crippen molar-refractivity contribution in [3.05, 3.63) is 71.8 Å². The molecule has 0 saturated carbocycles. The molecule has 3 aromatic rings. The van der Waals surface area contributed by atoms with Crippen molar-refractivity contribution in [3.8, 4) is 16.2 Å². The second-order valence-electron chi connectivity index (χ2n) is 5.96. The van der Waals surface area contributed by atoms with Gasteiger partial charge in [0.15, 0.2) is 6.61 Å². The monoisotopic (exact) mass is 409 g/mol. The fraction of sp³-hybridized carbons (Fsp3) is 0.136. The number of hydrogen-bond donors (Lipinski definition) is 1. The second-order valence-corrected chi connectivity index (χ2v) is 7.02. The van der Waals surface area contributed by atoms with Crippen LogP contribution in [0.1, 0.15) is 27.6 Å². The summed E-state index contributed by atoms with van der Waals surface area (Å²) in [6.07, 6.45) is 0.731. The van der Waals surface area contributed by atoms with Gasteiger partial charge in [0.05, 0.1) is 12.2 Å². The number of thiophene rings is 1. The Labute approximate surface area is 172 Å². The maximum Gasteiger partial charge on any atom is 0.341 e. The van der Waals surface area contributed by atoms with Crippen molar-refractivity contribution in [1.29, 1.82) is 0 Å². The summed E-state index contributed by atoms with van der Waals surface area (Å²) < 4.78 is 10.5. The molecule has 7 heteroatoms. The number of hydrogen-bond acceptors (Lipinski definition) is 6. The highest BCUT2D eigenvalue weighted by atomic mass is 32.1. The number of carbonyl (C=O) groups excluding carboxylic acids is 3. The number of amides is 1. The molecule has 0 unspecified atom stereocenters. The number of rotatable bonds is 8. The topological polar surface area (TPSA) is 81.7 Å². The number of benzene rings is 2. The predicted octanol–water partition coefficient (Wildman–Crippen LogP) is 4.42. The van der Waals surface area contributed by atoms with Gasteiger partial charge in [-0.2, -0.15) is 0 Å². The first kappa shape index (κ1) is 20.3. The minimum Gasteiger partial charge on any atom is -0.484 e. The minimum absolute atomic E-state index is 0.235. The molecule has 0 aliphatic rings. The maximum atomic E-state index is 12.3. The average Bonchev–Trinajstić information content (AvgIpc) is 3.17. The largest absolute Gasteiger partial charge is 0.484 e. The molecule has 1 heterocycles. The van der Waals surface area contributed by atoms with Crippen molar-refractivity contribution in [1.82, 2.24) is 0 Å². The van der Waals surface area contributed by atoms with Crippen LogP contribution in [0, 0.1) is 0 Å². The van der Waals surface area contributed by atoms with Gasteiger partial charge in [0.25, 0.3) is 5.91 Å². The average molecular weight is 409 g/mol. The summed E-state index contributed by atoms with van der Waals surface area (Å²) in [7, 11) is 0. The summed E-state index contributed by atoms with van der Waals surface area (Å²) in [6, 6.07) is 17.7. The maximum absolute atomic E-state index is 12.3. The first-order chi connectivity index (χ1) is 14.1. The Morgan fingerprint density at radius 2 is 1.79 bits per heavy atom. The standard InChI is InChI=1S/C22H19NO5S/c1-2-27-22(26)18-12-19(16-6-4-3-5-7-16)29-21(18)23-20(25)14-28-17-10-8-15(13-24)9-11-17/h3-13H,2,14H2,1H3,(H,23,25). The molecule has 1 N–H and O–H groups in total. The lowest BCUT2D eigenvalue weighted by atomic mass is 10.1. The van der Waals surface area contributed by atoms with Crippen LogP contribution in [-0.2, 0) is 9.53 Å². The molecular weight excluding hydrogens is 390 g/mol. The van der Waals surface area contributed by atoms with Gasteiger partial charge in [-0.3, -0.25) is 9.59 Å². The van der Waals surface area contributed by atoms with Crippen LogP contribution >= 0.6 is 11.3 Å². The molecule has 3 rings (SSSR count). The highest BCUT2D eigenvalue weighted by Gasteiger charge is 2.20. The molecule has 0 atom stereocenters. The molecule has 1 aromatic heterocycles. The van der Waals surface area contributed by atoms with Crippen LogP contribution in [0.3, 0.4) is 0 Å². The van der Waals surface area contributed by atoms with E-state index < -0.39 is 11.9 Å². The summed E-state index contributed by atoms with van der Waals surface area (Å²) in [4.78, 5) is 36.2. The molecule has 0 aliphatic heterocycles. The van der Waals surface area contributed by atoms with Crippen LogP contribution in [0.4, 0.5) is 5.00 Å². The van der Waals surface area contributed by atoms with E-state index in [-0.39, 0.29) is 13.2 Å². The van der Waals surface area contributed by atoms with Crippen molar-refractivity contribution >= 4 is 34.5 Å². The van der Waals surface area contributed by atoms with Gasteiger partial charge < -0.3 is 14.8 Å². The molecule has 6 nitrogen and oxygen atoms in total. The van der Waals surface area contributed by atoms with Crippen molar-refractivity contribution in [2.45, 2.75) is 6.92 Å². The van der Waals surface area contributed by atoms with Gasteiger partial charge in [-0.25, -0.2) is 4.79 Å². The quantitative estimate of drug-likeness (QED) is 0.440. The molecule has 1 amide bonds. The van der Waals surface area contributed by atoms with Gasteiger partial charge in [0.1, 0.15) is 17.0 Å². The molecule has 29 heavy (non-hydrogen) atoms. The fourth-order valence-electron chi connectivity index (χ4n) is 2.54. The van der Waals surface area contributed by atoms with Crippen molar-refractivity contribution in [3.63, 3.8) is 0 Å². The number of anilines is 1. The van der Waals surface area contributed by atoms with Crippen LogP contribution in [0.15, 0.2) is 60.7 Å². The lowest BCUT2D eigenvalue weighted by Crippen LogP contribution is -2.21. The number of aldehydes is 1. The van der Waals surface area contributed by atoms with E-state index in [1.807, 2.05) is 30.3 Å². The molecule has 0 bridgehead atoms. The summed E-state index contributed by atoms with van der Waals surface area (Å²) in [5.74, 6) is -0.435. The Morgan fingerprint density at radius 1 is 1.07 bits per heavy atom. The zero-order valence-electron chi connectivity index (χ0n) is 15.7. The van der Waals surface area contributed by atoms with E-state index in [1.54, 1.807) is 37.3 Å². The van der Waals surface area contributed by atoms with Crippen LogP contribution in [0.2, 0.25) is 0 Å². The van der Waals surface area contributed by atoms with E-state index in [0.29, 0.717) is 21.9 Å². The highest BCUT2D eigenvalue weighted by molar-refractivity contribution is 7.20. The van der Waals surface area contributed by atoms with Crippen LogP contribution in [0.5, 0.6) is 5.75 Å². The molecule has 0 radical (unpaired) electrons. The Balaban J connectivity index is 1.73. The minimum atomic E-state index is -0.494. The summed E-state index contributed by atoms with van der Waals surface area (Å²) >= 11 is 1.29. The Bertz CT molecular complexity index is 996. The van der Waals surface area contributed by atoms with E-state index >= 15 is 0 Å². The van der Waals surface area contributed by atoms with E-state index in [0.717, 1.165) is 16.7 Å². The number of esters is 1. The van der Waals surface area contributed by atoms with Crippen molar-refractivity contribution in [2.24, 2.45) is 0 Å². The van der Waals surface area contributed by atoms with Gasteiger partial charge >= 0.3 is 5.97 Å². The number of nitrogens with one attached hydrogen (secondary N) is 1. The molecule has 0 saturated heterocycles. The van der Waals surface area contributed by atoms with Crippen LogP contribution in [-0.4, -0.2) is 31.4 Å². The van der Waals surface area contributed by atoms with Crippen molar-refractivity contribution in [2.75, 3.05) is 18.5 Å². The lowest BCUT2D eigenvalue weighted by Gasteiger charge is -2.08. The SMILES string of the molecule is CCOC(=O)c1cc(-c2ccccc2)sc1NC(=O)COc1ccc(C=O)cc1. The number of ether oxygens (including phenoxy) is 2. The summed E-state index contributed by atoms with van der Waals surface area (Å²) in [6.45, 7) is 1.73. The second kappa shape index (κ2) is 9.66. The number of carbonyl (C=O) groups is 3. The first-order valence-electron chi connectivity index (χ1n) is 8.95. The van der Waals surface area contributed by atoms with Crippen LogP contribution < -0.4 is 10.1 Å². The third kappa shape index (κ3) is 5.30.